The van der Waals surface area contributed by atoms with Gasteiger partial charge in [-0.25, -0.2) is 0 Å². The van der Waals surface area contributed by atoms with Crippen molar-refractivity contribution in [3.05, 3.63) is 35.9 Å². The Morgan fingerprint density at radius 1 is 0.720 bits per heavy atom. The number of likely N-dealkylation sites (tertiary alicyclic amines) is 2. The highest BCUT2D eigenvalue weighted by atomic mass is 15.2. The number of piperidine rings is 2. The van der Waals surface area contributed by atoms with Gasteiger partial charge in [0.15, 0.2) is 0 Å². The molecule has 1 saturated carbocycles. The van der Waals surface area contributed by atoms with Crippen molar-refractivity contribution in [1.29, 1.82) is 0 Å². The van der Waals surface area contributed by atoms with E-state index in [4.69, 9.17) is 0 Å². The maximum Gasteiger partial charge on any atom is 0.0983 e. The summed E-state index contributed by atoms with van der Waals surface area (Å²) in [6, 6.07) is 13.2. The zero-order valence-electron chi connectivity index (χ0n) is 16.2. The van der Waals surface area contributed by atoms with E-state index in [-0.39, 0.29) is 0 Å². The first-order valence-corrected chi connectivity index (χ1v) is 11.0. The van der Waals surface area contributed by atoms with Crippen molar-refractivity contribution in [2.45, 2.75) is 76.3 Å². The fourth-order valence-electron chi connectivity index (χ4n) is 6.07. The monoisotopic (exact) mass is 342 g/mol. The van der Waals surface area contributed by atoms with Gasteiger partial charge in [-0.3, -0.25) is 0 Å². The van der Waals surface area contributed by atoms with Crippen LogP contribution in [0.2, 0.25) is 0 Å². The summed E-state index contributed by atoms with van der Waals surface area (Å²) in [5.41, 5.74) is 1.58. The zero-order chi connectivity index (χ0) is 17.1. The van der Waals surface area contributed by atoms with Gasteiger partial charge in [0.1, 0.15) is 0 Å². The van der Waals surface area contributed by atoms with Crippen LogP contribution in [-0.2, 0) is 0 Å². The van der Waals surface area contributed by atoms with E-state index in [1.54, 1.807) is 5.56 Å². The molecule has 2 N–H and O–H groups in total. The minimum Gasteiger partial charge on any atom is -0.332 e. The Morgan fingerprint density at radius 2 is 1.40 bits per heavy atom. The molecule has 0 spiro atoms. The van der Waals surface area contributed by atoms with Gasteiger partial charge < -0.3 is 9.80 Å². The van der Waals surface area contributed by atoms with E-state index >= 15 is 0 Å². The average molecular weight is 343 g/mol. The lowest BCUT2D eigenvalue weighted by Crippen LogP contribution is -3.22. The number of rotatable bonds is 3. The first-order chi connectivity index (χ1) is 12.3. The van der Waals surface area contributed by atoms with Crippen molar-refractivity contribution in [2.24, 2.45) is 5.92 Å². The number of quaternary nitrogens is 2. The Bertz CT molecular complexity index is 512. The SMILES string of the molecule is C[C@@H]1CCC[NH+](C2CC[NH+](C3CCC(c4ccccc4)CC3)CC2)C1. The van der Waals surface area contributed by atoms with Crippen LogP contribution in [0.3, 0.4) is 0 Å². The molecule has 0 radical (unpaired) electrons. The minimum atomic E-state index is 0.827. The number of nitrogens with one attached hydrogen (secondary N) is 2. The Kier molecular flexibility index (Phi) is 5.77. The summed E-state index contributed by atoms with van der Waals surface area (Å²) in [7, 11) is 0. The van der Waals surface area contributed by atoms with Crippen LogP contribution in [0.5, 0.6) is 0 Å². The van der Waals surface area contributed by atoms with Gasteiger partial charge in [-0.05, 0) is 50.0 Å². The van der Waals surface area contributed by atoms with E-state index in [0.717, 1.165) is 23.9 Å². The van der Waals surface area contributed by atoms with E-state index in [1.807, 2.05) is 9.80 Å². The van der Waals surface area contributed by atoms with Gasteiger partial charge in [-0.15, -0.1) is 0 Å². The summed E-state index contributed by atoms with van der Waals surface area (Å²) in [4.78, 5) is 3.90. The fraction of sp³-hybridized carbons (Fsp3) is 0.739. The van der Waals surface area contributed by atoms with E-state index in [9.17, 15) is 0 Å². The molecule has 0 aromatic heterocycles. The molecule has 1 aliphatic carbocycles. The van der Waals surface area contributed by atoms with Crippen molar-refractivity contribution >= 4 is 0 Å². The highest BCUT2D eigenvalue weighted by Gasteiger charge is 2.36. The Balaban J connectivity index is 1.24. The third-order valence-corrected chi connectivity index (χ3v) is 7.59. The molecule has 1 unspecified atom stereocenters. The maximum atomic E-state index is 2.46. The lowest BCUT2D eigenvalue weighted by molar-refractivity contribution is -0.972. The molecule has 2 heterocycles. The van der Waals surface area contributed by atoms with Gasteiger partial charge in [-0.1, -0.05) is 37.3 Å². The Morgan fingerprint density at radius 3 is 2.08 bits per heavy atom. The predicted molar refractivity (Wildman–Crippen MR) is 104 cm³/mol. The second kappa shape index (κ2) is 8.22. The summed E-state index contributed by atoms with van der Waals surface area (Å²) in [6.45, 7) is 8.26. The summed E-state index contributed by atoms with van der Waals surface area (Å²) >= 11 is 0. The van der Waals surface area contributed by atoms with Crippen LogP contribution in [0.1, 0.15) is 69.8 Å². The Labute approximate surface area is 154 Å². The smallest absolute Gasteiger partial charge is 0.0983 e. The van der Waals surface area contributed by atoms with Crippen molar-refractivity contribution in [3.8, 4) is 0 Å². The molecular weight excluding hydrogens is 304 g/mol. The Hall–Kier alpha value is -0.860. The van der Waals surface area contributed by atoms with Crippen LogP contribution >= 0.6 is 0 Å². The van der Waals surface area contributed by atoms with Crippen molar-refractivity contribution in [1.82, 2.24) is 0 Å². The lowest BCUT2D eigenvalue weighted by Gasteiger charge is -2.41. The summed E-state index contributed by atoms with van der Waals surface area (Å²) in [5, 5.41) is 0. The number of hydrogen-bond donors (Lipinski definition) is 2. The fourth-order valence-corrected chi connectivity index (χ4v) is 6.07. The molecule has 2 nitrogen and oxygen atoms in total. The summed E-state index contributed by atoms with van der Waals surface area (Å²) in [6.07, 6.45) is 11.6. The molecule has 0 bridgehead atoms. The molecule has 2 aliphatic heterocycles. The first kappa shape index (κ1) is 17.5. The van der Waals surface area contributed by atoms with Crippen LogP contribution in [0.25, 0.3) is 0 Å². The molecule has 3 aliphatic rings. The second-order valence-electron chi connectivity index (χ2n) is 9.25. The van der Waals surface area contributed by atoms with Crippen molar-refractivity contribution < 1.29 is 9.80 Å². The third-order valence-electron chi connectivity index (χ3n) is 7.59. The van der Waals surface area contributed by atoms with Crippen molar-refractivity contribution in [3.63, 3.8) is 0 Å². The molecule has 2 saturated heterocycles. The predicted octanol–water partition coefficient (Wildman–Crippen LogP) is 2.07. The lowest BCUT2D eigenvalue weighted by atomic mass is 9.80. The zero-order valence-corrected chi connectivity index (χ0v) is 16.2. The van der Waals surface area contributed by atoms with E-state index in [1.165, 1.54) is 77.5 Å². The summed E-state index contributed by atoms with van der Waals surface area (Å²) in [5.74, 6) is 1.79. The van der Waals surface area contributed by atoms with Gasteiger partial charge in [-0.2, -0.15) is 0 Å². The molecule has 0 amide bonds. The highest BCUT2D eigenvalue weighted by molar-refractivity contribution is 5.19. The standard InChI is InChI=1S/C23H36N2/c1-19-6-5-15-25(18-19)23-13-16-24(17-14-23)22-11-9-21(10-12-22)20-7-3-2-4-8-20/h2-4,7-8,19,21-23H,5-6,9-18H2,1H3/p+2/t19-,21?,22?/m1/s1. The topological polar surface area (TPSA) is 8.88 Å². The van der Waals surface area contributed by atoms with Crippen LogP contribution in [0.15, 0.2) is 30.3 Å². The molecule has 3 fully saturated rings. The van der Waals surface area contributed by atoms with E-state index < -0.39 is 0 Å². The molecule has 25 heavy (non-hydrogen) atoms. The van der Waals surface area contributed by atoms with Gasteiger partial charge in [0.25, 0.3) is 0 Å². The molecular formula is C23H38N2+2. The van der Waals surface area contributed by atoms with Gasteiger partial charge in [0.05, 0.1) is 38.3 Å². The third kappa shape index (κ3) is 4.28. The highest BCUT2D eigenvalue weighted by Crippen LogP contribution is 2.32. The van der Waals surface area contributed by atoms with Gasteiger partial charge >= 0.3 is 0 Å². The van der Waals surface area contributed by atoms with Gasteiger partial charge in [0.2, 0.25) is 0 Å². The number of benzene rings is 1. The second-order valence-corrected chi connectivity index (χ2v) is 9.25. The number of hydrogen-bond acceptors (Lipinski definition) is 0. The average Bonchev–Trinajstić information content (AvgIpc) is 2.69. The molecule has 1 aromatic carbocycles. The van der Waals surface area contributed by atoms with E-state index in [0.29, 0.717) is 0 Å². The van der Waals surface area contributed by atoms with Crippen LogP contribution in [0, 0.1) is 5.92 Å². The van der Waals surface area contributed by atoms with Crippen molar-refractivity contribution in [2.75, 3.05) is 26.2 Å². The van der Waals surface area contributed by atoms with Crippen LogP contribution < -0.4 is 9.80 Å². The maximum absolute atomic E-state index is 2.46. The van der Waals surface area contributed by atoms with Crippen LogP contribution in [0.4, 0.5) is 0 Å². The van der Waals surface area contributed by atoms with E-state index in [2.05, 4.69) is 37.3 Å². The molecule has 2 atom stereocenters. The molecule has 1 aromatic rings. The largest absolute Gasteiger partial charge is 0.332 e. The van der Waals surface area contributed by atoms with Gasteiger partial charge in [0, 0.05) is 18.8 Å². The molecule has 138 valence electrons. The molecule has 4 rings (SSSR count). The normalized spacial score (nSPS) is 39.9. The first-order valence-electron chi connectivity index (χ1n) is 11.0. The summed E-state index contributed by atoms with van der Waals surface area (Å²) < 4.78 is 0. The molecule has 2 heteroatoms. The quantitative estimate of drug-likeness (QED) is 0.832. The minimum absolute atomic E-state index is 0.827. The van der Waals surface area contributed by atoms with Crippen LogP contribution in [-0.4, -0.2) is 38.3 Å².